The third kappa shape index (κ3) is 1.86. The van der Waals surface area contributed by atoms with Gasteiger partial charge in [-0.15, -0.1) is 0 Å². The molecule has 4 nitrogen and oxygen atoms in total. The molecule has 1 aliphatic heterocycles. The van der Waals surface area contributed by atoms with Gasteiger partial charge in [-0.05, 0) is 32.7 Å². The van der Waals surface area contributed by atoms with Gasteiger partial charge < -0.3 is 4.52 Å². The summed E-state index contributed by atoms with van der Waals surface area (Å²) in [5, 5.41) is 3.88. The molecule has 88 valence electrons. The predicted octanol–water partition coefficient (Wildman–Crippen LogP) is 2.11. The van der Waals surface area contributed by atoms with Crippen molar-refractivity contribution in [3.63, 3.8) is 0 Å². The van der Waals surface area contributed by atoms with Crippen LogP contribution >= 0.6 is 0 Å². The molecular weight excluding hydrogens is 202 g/mol. The number of hydrogen-bond acceptors (Lipinski definition) is 4. The first kappa shape index (κ1) is 10.3. The van der Waals surface area contributed by atoms with Crippen LogP contribution in [0.2, 0.25) is 0 Å². The molecule has 0 amide bonds. The first-order valence-electron chi connectivity index (χ1n) is 6.37. The van der Waals surface area contributed by atoms with Gasteiger partial charge in [0.05, 0.1) is 5.92 Å². The third-order valence-corrected chi connectivity index (χ3v) is 3.95. The second-order valence-corrected chi connectivity index (χ2v) is 5.10. The lowest BCUT2D eigenvalue weighted by atomic mass is 10.1. The van der Waals surface area contributed by atoms with Crippen molar-refractivity contribution in [3.05, 3.63) is 11.7 Å². The van der Waals surface area contributed by atoms with Crippen LogP contribution in [0.4, 0.5) is 0 Å². The topological polar surface area (TPSA) is 42.2 Å². The van der Waals surface area contributed by atoms with E-state index in [0.717, 1.165) is 24.3 Å². The van der Waals surface area contributed by atoms with Gasteiger partial charge >= 0.3 is 0 Å². The van der Waals surface area contributed by atoms with E-state index in [4.69, 9.17) is 4.52 Å². The highest BCUT2D eigenvalue weighted by Gasteiger charge is 2.32. The minimum Gasteiger partial charge on any atom is -0.339 e. The van der Waals surface area contributed by atoms with E-state index in [-0.39, 0.29) is 0 Å². The summed E-state index contributed by atoms with van der Waals surface area (Å²) in [6.07, 6.45) is 6.76. The van der Waals surface area contributed by atoms with E-state index in [9.17, 15) is 0 Å². The molecule has 1 saturated carbocycles. The number of nitrogens with zero attached hydrogens (tertiary/aromatic N) is 3. The molecule has 2 aliphatic rings. The summed E-state index contributed by atoms with van der Waals surface area (Å²) in [5.41, 5.74) is 0. The van der Waals surface area contributed by atoms with Crippen LogP contribution in [0.3, 0.4) is 0 Å². The van der Waals surface area contributed by atoms with Crippen LogP contribution in [0.1, 0.15) is 49.7 Å². The van der Waals surface area contributed by atoms with Crippen molar-refractivity contribution in [1.82, 2.24) is 15.0 Å². The molecule has 16 heavy (non-hydrogen) atoms. The van der Waals surface area contributed by atoms with Gasteiger partial charge in [0.1, 0.15) is 0 Å². The molecule has 0 N–H and O–H groups in total. The first-order valence-corrected chi connectivity index (χ1v) is 6.37. The van der Waals surface area contributed by atoms with Crippen LogP contribution in [0.5, 0.6) is 0 Å². The second kappa shape index (κ2) is 4.17. The number of rotatable bonds is 2. The Labute approximate surface area is 96.0 Å². The summed E-state index contributed by atoms with van der Waals surface area (Å²) in [5.74, 6) is 2.08. The number of hydrogen-bond donors (Lipinski definition) is 0. The average molecular weight is 221 g/mol. The lowest BCUT2D eigenvalue weighted by Gasteiger charge is -2.22. The summed E-state index contributed by atoms with van der Waals surface area (Å²) in [6, 6.07) is 0.828. The standard InChI is InChI=1S/C12H19N3O/c1-9-13-12(16-14-9)10-6-7-15(8-10)11-4-2-3-5-11/h10-11H,2-8H2,1H3/t10-/m1/s1. The molecule has 1 aromatic heterocycles. The Morgan fingerprint density at radius 3 is 2.75 bits per heavy atom. The van der Waals surface area contributed by atoms with Crippen LogP contribution in [-0.4, -0.2) is 34.2 Å². The van der Waals surface area contributed by atoms with E-state index < -0.39 is 0 Å². The molecule has 0 bridgehead atoms. The number of likely N-dealkylation sites (tertiary alicyclic amines) is 1. The zero-order valence-electron chi connectivity index (χ0n) is 9.85. The Hall–Kier alpha value is -0.900. The number of aromatic nitrogens is 2. The quantitative estimate of drug-likeness (QED) is 0.767. The maximum atomic E-state index is 5.27. The summed E-state index contributed by atoms with van der Waals surface area (Å²) in [6.45, 7) is 4.21. The van der Waals surface area contributed by atoms with Crippen molar-refractivity contribution in [1.29, 1.82) is 0 Å². The molecule has 1 aliphatic carbocycles. The fraction of sp³-hybridized carbons (Fsp3) is 0.833. The monoisotopic (exact) mass is 221 g/mol. The second-order valence-electron chi connectivity index (χ2n) is 5.10. The van der Waals surface area contributed by atoms with E-state index >= 15 is 0 Å². The molecule has 0 spiro atoms. The van der Waals surface area contributed by atoms with E-state index in [1.54, 1.807) is 0 Å². The van der Waals surface area contributed by atoms with Gasteiger partial charge in [-0.25, -0.2) is 0 Å². The van der Waals surface area contributed by atoms with E-state index in [0.29, 0.717) is 5.92 Å². The highest BCUT2D eigenvalue weighted by atomic mass is 16.5. The van der Waals surface area contributed by atoms with Gasteiger partial charge in [-0.3, -0.25) is 4.90 Å². The van der Waals surface area contributed by atoms with Crippen molar-refractivity contribution in [2.45, 2.75) is 51.0 Å². The molecule has 2 fully saturated rings. The van der Waals surface area contributed by atoms with E-state index in [1.807, 2.05) is 6.92 Å². The van der Waals surface area contributed by atoms with Gasteiger partial charge in [-0.2, -0.15) is 4.98 Å². The molecule has 0 aromatic carbocycles. The Morgan fingerprint density at radius 1 is 1.25 bits per heavy atom. The molecule has 1 saturated heterocycles. The van der Waals surface area contributed by atoms with Crippen molar-refractivity contribution >= 4 is 0 Å². The van der Waals surface area contributed by atoms with Gasteiger partial charge in [0, 0.05) is 12.6 Å². The van der Waals surface area contributed by atoms with Gasteiger partial charge in [-0.1, -0.05) is 18.0 Å². The van der Waals surface area contributed by atoms with E-state index in [2.05, 4.69) is 15.0 Å². The molecule has 0 radical (unpaired) electrons. The van der Waals surface area contributed by atoms with Crippen LogP contribution in [0.25, 0.3) is 0 Å². The highest BCUT2D eigenvalue weighted by Crippen LogP contribution is 2.32. The fourth-order valence-corrected chi connectivity index (χ4v) is 3.07. The third-order valence-electron chi connectivity index (χ3n) is 3.95. The van der Waals surface area contributed by atoms with Gasteiger partial charge in [0.15, 0.2) is 5.82 Å². The zero-order chi connectivity index (χ0) is 11.0. The van der Waals surface area contributed by atoms with Crippen LogP contribution < -0.4 is 0 Å². The molecule has 0 unspecified atom stereocenters. The van der Waals surface area contributed by atoms with Crippen LogP contribution in [0, 0.1) is 6.92 Å². The molecule has 4 heteroatoms. The Morgan fingerprint density at radius 2 is 2.06 bits per heavy atom. The molecule has 1 aromatic rings. The minimum absolute atomic E-state index is 0.474. The van der Waals surface area contributed by atoms with Crippen molar-refractivity contribution < 1.29 is 4.52 Å². The Balaban J connectivity index is 1.64. The maximum absolute atomic E-state index is 5.27. The van der Waals surface area contributed by atoms with Gasteiger partial charge in [0.25, 0.3) is 0 Å². The average Bonchev–Trinajstić information content (AvgIpc) is 2.97. The summed E-state index contributed by atoms with van der Waals surface area (Å²) in [7, 11) is 0. The zero-order valence-corrected chi connectivity index (χ0v) is 9.85. The molecular formula is C12H19N3O. The summed E-state index contributed by atoms with van der Waals surface area (Å²) < 4.78 is 5.27. The molecule has 1 atom stereocenters. The summed E-state index contributed by atoms with van der Waals surface area (Å²) in [4.78, 5) is 6.97. The SMILES string of the molecule is Cc1noc([C@@H]2CCN(C3CCCC3)C2)n1. The normalized spacial score (nSPS) is 27.9. The van der Waals surface area contributed by atoms with E-state index in [1.165, 1.54) is 38.6 Å². The predicted molar refractivity (Wildman–Crippen MR) is 60.2 cm³/mol. The smallest absolute Gasteiger partial charge is 0.231 e. The fourth-order valence-electron chi connectivity index (χ4n) is 3.07. The lowest BCUT2D eigenvalue weighted by Crippen LogP contribution is -2.30. The van der Waals surface area contributed by atoms with Crippen molar-refractivity contribution in [3.8, 4) is 0 Å². The van der Waals surface area contributed by atoms with Gasteiger partial charge in [0.2, 0.25) is 5.89 Å². The molecule has 3 rings (SSSR count). The van der Waals surface area contributed by atoms with Crippen LogP contribution in [0.15, 0.2) is 4.52 Å². The Bertz CT molecular complexity index is 357. The maximum Gasteiger partial charge on any atom is 0.231 e. The highest BCUT2D eigenvalue weighted by molar-refractivity contribution is 4.99. The number of aryl methyl sites for hydroxylation is 1. The van der Waals surface area contributed by atoms with Crippen molar-refractivity contribution in [2.75, 3.05) is 13.1 Å². The largest absolute Gasteiger partial charge is 0.339 e. The lowest BCUT2D eigenvalue weighted by molar-refractivity contribution is 0.238. The minimum atomic E-state index is 0.474. The Kier molecular flexibility index (Phi) is 2.67. The first-order chi connectivity index (χ1) is 7.83. The van der Waals surface area contributed by atoms with Crippen molar-refractivity contribution in [2.24, 2.45) is 0 Å². The van der Waals surface area contributed by atoms with Crippen LogP contribution in [-0.2, 0) is 0 Å². The summed E-state index contributed by atoms with van der Waals surface area (Å²) >= 11 is 0. The molecule has 2 heterocycles.